The molecule has 0 radical (unpaired) electrons. The number of hydrogen-bond acceptors (Lipinski definition) is 8. The first-order chi connectivity index (χ1) is 16.8. The third kappa shape index (κ3) is 8.84. The van der Waals surface area contributed by atoms with Crippen LogP contribution < -0.4 is 20.7 Å². The summed E-state index contributed by atoms with van der Waals surface area (Å²) in [4.78, 5) is 28.6. The summed E-state index contributed by atoms with van der Waals surface area (Å²) in [5.41, 5.74) is 1.97. The summed E-state index contributed by atoms with van der Waals surface area (Å²) in [6, 6.07) is 15.3. The van der Waals surface area contributed by atoms with Gasteiger partial charge in [0.25, 0.3) is 0 Å². The molecule has 0 aliphatic carbocycles. The normalized spacial score (nSPS) is 11.0. The number of rotatable bonds is 7. The van der Waals surface area contributed by atoms with Gasteiger partial charge in [-0.3, -0.25) is 4.79 Å². The Balaban J connectivity index is 0.000000572. The van der Waals surface area contributed by atoms with E-state index in [2.05, 4.69) is 30.6 Å². The van der Waals surface area contributed by atoms with E-state index in [9.17, 15) is 26.4 Å². The average Bonchev–Trinajstić information content (AvgIpc) is 2.79. The van der Waals surface area contributed by atoms with E-state index in [0.717, 1.165) is 5.69 Å². The predicted octanol–water partition coefficient (Wildman–Crippen LogP) is 3.46. The minimum atomic E-state index is -5.08. The molecule has 0 spiro atoms. The van der Waals surface area contributed by atoms with Crippen molar-refractivity contribution in [3.05, 3.63) is 60.9 Å². The summed E-state index contributed by atoms with van der Waals surface area (Å²) in [6.07, 6.45) is -3.70. The van der Waals surface area contributed by atoms with Crippen LogP contribution in [0.3, 0.4) is 0 Å². The topological polar surface area (TPSA) is 162 Å². The van der Waals surface area contributed by atoms with E-state index in [4.69, 9.17) is 9.90 Å². The molecule has 0 saturated carbocycles. The second-order valence-electron chi connectivity index (χ2n) is 6.84. The van der Waals surface area contributed by atoms with Crippen LogP contribution in [0.5, 0.6) is 0 Å². The lowest BCUT2D eigenvalue weighted by Crippen LogP contribution is -2.21. The quantitative estimate of drug-likeness (QED) is 0.310. The number of nitrogens with one attached hydrogen (secondary N) is 4. The van der Waals surface area contributed by atoms with Crippen molar-refractivity contribution in [1.82, 2.24) is 14.7 Å². The highest BCUT2D eigenvalue weighted by Gasteiger charge is 2.38. The standard InChI is InChI=1S/C19H20N6O3S.C2HF3O2/c1-13(26)23-14-5-3-6-15(9-14)24-18-11-19(22-12-21-18)25-16-7-4-8-17(10-16)29(27,28)20-2;3-2(4,5)1(6)7/h3-12,20H,1-2H3,(H,23,26)(H2,21,22,24,25);(H,6,7). The summed E-state index contributed by atoms with van der Waals surface area (Å²) in [5.74, 6) is -1.90. The number of benzene rings is 2. The van der Waals surface area contributed by atoms with Gasteiger partial charge in [0.2, 0.25) is 15.9 Å². The van der Waals surface area contributed by atoms with Crippen molar-refractivity contribution in [2.75, 3.05) is 23.0 Å². The Hall–Kier alpha value is -4.24. The SMILES string of the molecule is CNS(=O)(=O)c1cccc(Nc2cc(Nc3cccc(NC(C)=O)c3)ncn2)c1.O=C(O)C(F)(F)F. The lowest BCUT2D eigenvalue weighted by Gasteiger charge is -2.11. The number of carbonyl (C=O) groups excluding carboxylic acids is 1. The highest BCUT2D eigenvalue weighted by atomic mass is 32.2. The minimum absolute atomic E-state index is 0.146. The Labute approximate surface area is 203 Å². The number of carbonyl (C=O) groups is 2. The molecule has 0 fully saturated rings. The van der Waals surface area contributed by atoms with E-state index in [1.807, 2.05) is 12.1 Å². The molecule has 192 valence electrons. The van der Waals surface area contributed by atoms with Crippen LogP contribution in [0.25, 0.3) is 0 Å². The smallest absolute Gasteiger partial charge is 0.475 e. The van der Waals surface area contributed by atoms with Gasteiger partial charge >= 0.3 is 12.1 Å². The van der Waals surface area contributed by atoms with Gasteiger partial charge in [-0.25, -0.2) is 27.9 Å². The molecule has 1 aromatic heterocycles. The molecule has 3 aromatic rings. The zero-order chi connectivity index (χ0) is 26.9. The Morgan fingerprint density at radius 1 is 0.889 bits per heavy atom. The van der Waals surface area contributed by atoms with Crippen LogP contribution in [0.1, 0.15) is 6.92 Å². The van der Waals surface area contributed by atoms with E-state index in [-0.39, 0.29) is 10.8 Å². The number of anilines is 5. The molecule has 1 amide bonds. The number of aromatic nitrogens is 2. The number of carboxylic acid groups (broad SMARTS) is 1. The zero-order valence-electron chi connectivity index (χ0n) is 18.8. The highest BCUT2D eigenvalue weighted by molar-refractivity contribution is 7.89. The monoisotopic (exact) mass is 526 g/mol. The highest BCUT2D eigenvalue weighted by Crippen LogP contribution is 2.23. The number of amides is 1. The van der Waals surface area contributed by atoms with Gasteiger partial charge in [0.15, 0.2) is 0 Å². The summed E-state index contributed by atoms with van der Waals surface area (Å²) in [5, 5.41) is 16.0. The maximum Gasteiger partial charge on any atom is 0.490 e. The van der Waals surface area contributed by atoms with Crippen LogP contribution in [0, 0.1) is 0 Å². The lowest BCUT2D eigenvalue weighted by atomic mass is 10.2. The van der Waals surface area contributed by atoms with E-state index >= 15 is 0 Å². The first-order valence-electron chi connectivity index (χ1n) is 9.87. The number of sulfonamides is 1. The summed E-state index contributed by atoms with van der Waals surface area (Å²) >= 11 is 0. The average molecular weight is 526 g/mol. The molecule has 0 unspecified atom stereocenters. The van der Waals surface area contributed by atoms with Gasteiger partial charge < -0.3 is 21.1 Å². The number of halogens is 3. The van der Waals surface area contributed by atoms with Gasteiger partial charge in [-0.1, -0.05) is 12.1 Å². The van der Waals surface area contributed by atoms with Crippen LogP contribution in [-0.2, 0) is 19.6 Å². The van der Waals surface area contributed by atoms with Gasteiger partial charge in [0.05, 0.1) is 4.90 Å². The molecule has 3 rings (SSSR count). The molecule has 2 aromatic carbocycles. The third-order valence-corrected chi connectivity index (χ3v) is 5.46. The molecule has 5 N–H and O–H groups in total. The van der Waals surface area contributed by atoms with E-state index < -0.39 is 22.2 Å². The summed E-state index contributed by atoms with van der Waals surface area (Å²) < 4.78 is 57.9. The third-order valence-electron chi connectivity index (χ3n) is 4.05. The van der Waals surface area contributed by atoms with Crippen LogP contribution >= 0.6 is 0 Å². The largest absolute Gasteiger partial charge is 0.490 e. The first kappa shape index (κ1) is 28.0. The lowest BCUT2D eigenvalue weighted by molar-refractivity contribution is -0.192. The van der Waals surface area contributed by atoms with Crippen LogP contribution in [0.2, 0.25) is 0 Å². The molecule has 0 bridgehead atoms. The number of hydrogen-bond donors (Lipinski definition) is 5. The summed E-state index contributed by atoms with van der Waals surface area (Å²) in [6.45, 7) is 1.44. The van der Waals surface area contributed by atoms with Crippen molar-refractivity contribution in [3.63, 3.8) is 0 Å². The van der Waals surface area contributed by atoms with Crippen molar-refractivity contribution in [3.8, 4) is 0 Å². The van der Waals surface area contributed by atoms with Crippen molar-refractivity contribution in [2.45, 2.75) is 18.0 Å². The molecule has 36 heavy (non-hydrogen) atoms. The van der Waals surface area contributed by atoms with Gasteiger partial charge in [-0.15, -0.1) is 0 Å². The molecule has 15 heteroatoms. The molecule has 0 aliphatic rings. The molecule has 0 saturated heterocycles. The Kier molecular flexibility index (Phi) is 9.29. The van der Waals surface area contributed by atoms with Crippen LogP contribution in [-0.4, -0.2) is 48.6 Å². The summed E-state index contributed by atoms with van der Waals surface area (Å²) in [7, 11) is -2.18. The second-order valence-corrected chi connectivity index (χ2v) is 8.73. The maximum atomic E-state index is 12.0. The Morgan fingerprint density at radius 2 is 1.39 bits per heavy atom. The van der Waals surface area contributed by atoms with E-state index in [1.165, 1.54) is 32.4 Å². The second kappa shape index (κ2) is 11.9. The van der Waals surface area contributed by atoms with Gasteiger partial charge in [-0.05, 0) is 43.4 Å². The van der Waals surface area contributed by atoms with E-state index in [0.29, 0.717) is 23.0 Å². The zero-order valence-corrected chi connectivity index (χ0v) is 19.6. The van der Waals surface area contributed by atoms with Crippen molar-refractivity contribution < 1.29 is 36.3 Å². The first-order valence-corrected chi connectivity index (χ1v) is 11.4. The van der Waals surface area contributed by atoms with E-state index in [1.54, 1.807) is 30.3 Å². The fraction of sp³-hybridized carbons (Fsp3) is 0.143. The molecule has 11 nitrogen and oxygen atoms in total. The van der Waals surface area contributed by atoms with Crippen LogP contribution in [0.4, 0.5) is 41.9 Å². The van der Waals surface area contributed by atoms with Gasteiger partial charge in [0.1, 0.15) is 18.0 Å². The van der Waals surface area contributed by atoms with Crippen molar-refractivity contribution in [2.24, 2.45) is 0 Å². The fourth-order valence-electron chi connectivity index (χ4n) is 2.53. The molecule has 1 heterocycles. The molecular weight excluding hydrogens is 505 g/mol. The van der Waals surface area contributed by atoms with Crippen LogP contribution in [0.15, 0.2) is 65.8 Å². The Morgan fingerprint density at radius 3 is 1.89 bits per heavy atom. The number of nitrogens with zero attached hydrogens (tertiary/aromatic N) is 2. The van der Waals surface area contributed by atoms with Gasteiger partial charge in [0, 0.05) is 30.1 Å². The maximum absolute atomic E-state index is 12.0. The number of alkyl halides is 3. The van der Waals surface area contributed by atoms with Gasteiger partial charge in [-0.2, -0.15) is 13.2 Å². The van der Waals surface area contributed by atoms with Crippen molar-refractivity contribution >= 4 is 50.6 Å². The molecule has 0 aliphatic heterocycles. The Bertz CT molecular complexity index is 1340. The number of aliphatic carboxylic acids is 1. The minimum Gasteiger partial charge on any atom is -0.475 e. The number of carboxylic acids is 1. The van der Waals surface area contributed by atoms with Crippen molar-refractivity contribution in [1.29, 1.82) is 0 Å². The fourth-order valence-corrected chi connectivity index (χ4v) is 3.30. The predicted molar refractivity (Wildman–Crippen MR) is 126 cm³/mol. The molecule has 0 atom stereocenters. The molecular formula is C21H21F3N6O5S.